The number of carboxylic acids is 1. The number of nitro groups is 1. The van der Waals surface area contributed by atoms with Crippen molar-refractivity contribution < 1.29 is 14.8 Å². The number of carbonyl (C=O) groups is 1. The maximum atomic E-state index is 11.4. The third-order valence-corrected chi connectivity index (χ3v) is 4.37. The summed E-state index contributed by atoms with van der Waals surface area (Å²) in [4.78, 5) is 24.6. The third-order valence-electron chi connectivity index (χ3n) is 3.33. The maximum absolute atomic E-state index is 11.4. The number of hydrogen-bond donors (Lipinski definition) is 1. The van der Waals surface area contributed by atoms with E-state index in [1.807, 2.05) is 24.4 Å². The van der Waals surface area contributed by atoms with Crippen molar-refractivity contribution in [2.24, 2.45) is 0 Å². The second-order valence-electron chi connectivity index (χ2n) is 4.54. The minimum atomic E-state index is -1.18. The Morgan fingerprint density at radius 1 is 1.38 bits per heavy atom. The SMILES string of the molecule is CC(c1cccs1)N(C)c1c(C(=O)O)cccc1[N+](=O)[O-]. The number of thiophene rings is 1. The van der Waals surface area contributed by atoms with Gasteiger partial charge in [-0.05, 0) is 24.4 Å². The number of rotatable bonds is 5. The quantitative estimate of drug-likeness (QED) is 0.674. The van der Waals surface area contributed by atoms with Gasteiger partial charge in [0.05, 0.1) is 16.5 Å². The number of benzene rings is 1. The predicted octanol–water partition coefficient (Wildman–Crippen LogP) is 3.55. The van der Waals surface area contributed by atoms with Gasteiger partial charge in [0.15, 0.2) is 0 Å². The number of nitro benzene ring substituents is 1. The lowest BCUT2D eigenvalue weighted by Crippen LogP contribution is -2.24. The zero-order valence-electron chi connectivity index (χ0n) is 11.5. The molecular weight excluding hydrogens is 292 g/mol. The number of aromatic carboxylic acids is 1. The Labute approximate surface area is 125 Å². The largest absolute Gasteiger partial charge is 0.478 e. The first-order chi connectivity index (χ1) is 9.93. The summed E-state index contributed by atoms with van der Waals surface area (Å²) in [5, 5.41) is 22.4. The summed E-state index contributed by atoms with van der Waals surface area (Å²) >= 11 is 1.52. The van der Waals surface area contributed by atoms with Crippen molar-refractivity contribution >= 4 is 28.7 Å². The van der Waals surface area contributed by atoms with Crippen molar-refractivity contribution in [2.45, 2.75) is 13.0 Å². The highest BCUT2D eigenvalue weighted by Gasteiger charge is 2.27. The molecule has 1 heterocycles. The standard InChI is InChI=1S/C14H14N2O4S/c1-9(12-7-4-8-21-12)15(2)13-10(14(17)18)5-3-6-11(13)16(19)20/h3-9H,1-2H3,(H,17,18). The van der Waals surface area contributed by atoms with Gasteiger partial charge in [0.2, 0.25) is 0 Å². The fourth-order valence-electron chi connectivity index (χ4n) is 2.14. The summed E-state index contributed by atoms with van der Waals surface area (Å²) in [6, 6.07) is 7.73. The molecule has 0 spiro atoms. The van der Waals surface area contributed by atoms with Crippen LogP contribution >= 0.6 is 11.3 Å². The van der Waals surface area contributed by atoms with Crippen molar-refractivity contribution in [3.8, 4) is 0 Å². The van der Waals surface area contributed by atoms with Crippen molar-refractivity contribution in [2.75, 3.05) is 11.9 Å². The van der Waals surface area contributed by atoms with Gasteiger partial charge in [-0.1, -0.05) is 12.1 Å². The predicted molar refractivity (Wildman–Crippen MR) is 81.2 cm³/mol. The van der Waals surface area contributed by atoms with Crippen molar-refractivity contribution in [1.29, 1.82) is 0 Å². The topological polar surface area (TPSA) is 83.7 Å². The molecule has 0 aliphatic heterocycles. The molecule has 0 saturated heterocycles. The zero-order valence-corrected chi connectivity index (χ0v) is 12.3. The normalized spacial score (nSPS) is 11.9. The number of carboxylic acid groups (broad SMARTS) is 1. The van der Waals surface area contributed by atoms with Crippen LogP contribution in [0.1, 0.15) is 28.2 Å². The molecule has 2 rings (SSSR count). The van der Waals surface area contributed by atoms with E-state index in [0.717, 1.165) is 4.88 Å². The molecule has 0 fully saturated rings. The van der Waals surface area contributed by atoms with Crippen LogP contribution in [0.3, 0.4) is 0 Å². The van der Waals surface area contributed by atoms with Gasteiger partial charge in [0.25, 0.3) is 5.69 Å². The molecule has 0 amide bonds. The van der Waals surface area contributed by atoms with Crippen LogP contribution in [0.25, 0.3) is 0 Å². The van der Waals surface area contributed by atoms with E-state index in [0.29, 0.717) is 0 Å². The van der Waals surface area contributed by atoms with E-state index in [2.05, 4.69) is 0 Å². The molecule has 0 saturated carbocycles. The number of nitrogens with zero attached hydrogens (tertiary/aromatic N) is 2. The van der Waals surface area contributed by atoms with Gasteiger partial charge in [-0.15, -0.1) is 11.3 Å². The summed E-state index contributed by atoms with van der Waals surface area (Å²) < 4.78 is 0. The van der Waals surface area contributed by atoms with E-state index in [1.54, 1.807) is 11.9 Å². The van der Waals surface area contributed by atoms with Crippen molar-refractivity contribution in [3.05, 3.63) is 56.3 Å². The van der Waals surface area contributed by atoms with E-state index in [9.17, 15) is 20.0 Å². The van der Waals surface area contributed by atoms with Crippen molar-refractivity contribution in [1.82, 2.24) is 0 Å². The Kier molecular flexibility index (Phi) is 4.23. The molecule has 110 valence electrons. The molecule has 1 aromatic heterocycles. The number of para-hydroxylation sites is 1. The second kappa shape index (κ2) is 5.92. The fraction of sp³-hybridized carbons (Fsp3) is 0.214. The molecule has 6 nitrogen and oxygen atoms in total. The Balaban J connectivity index is 2.55. The third kappa shape index (κ3) is 2.87. The molecule has 1 N–H and O–H groups in total. The van der Waals surface area contributed by atoms with E-state index in [-0.39, 0.29) is 23.0 Å². The molecule has 0 aliphatic rings. The van der Waals surface area contributed by atoms with Crippen LogP contribution in [0.4, 0.5) is 11.4 Å². The monoisotopic (exact) mass is 306 g/mol. The molecule has 1 unspecified atom stereocenters. The average molecular weight is 306 g/mol. The van der Waals surface area contributed by atoms with Crippen LogP contribution < -0.4 is 4.90 Å². The average Bonchev–Trinajstić information content (AvgIpc) is 2.98. The molecule has 1 atom stereocenters. The summed E-state index contributed by atoms with van der Waals surface area (Å²) in [6.07, 6.45) is 0. The smallest absolute Gasteiger partial charge is 0.338 e. The molecule has 2 aromatic rings. The van der Waals surface area contributed by atoms with Crippen LogP contribution in [0.15, 0.2) is 35.7 Å². The lowest BCUT2D eigenvalue weighted by atomic mass is 10.1. The van der Waals surface area contributed by atoms with Gasteiger partial charge in [-0.3, -0.25) is 10.1 Å². The second-order valence-corrected chi connectivity index (χ2v) is 5.52. The van der Waals surface area contributed by atoms with Gasteiger partial charge in [-0.25, -0.2) is 4.79 Å². The highest BCUT2D eigenvalue weighted by Crippen LogP contribution is 2.37. The molecule has 0 bridgehead atoms. The van der Waals surface area contributed by atoms with E-state index >= 15 is 0 Å². The molecule has 1 aromatic carbocycles. The van der Waals surface area contributed by atoms with Gasteiger partial charge in [0.1, 0.15) is 5.69 Å². The summed E-state index contributed by atoms with van der Waals surface area (Å²) in [6.45, 7) is 1.88. The van der Waals surface area contributed by atoms with Gasteiger partial charge >= 0.3 is 5.97 Å². The molecule has 0 radical (unpaired) electrons. The lowest BCUT2D eigenvalue weighted by Gasteiger charge is -2.27. The molecule has 0 aliphatic carbocycles. The summed E-state index contributed by atoms with van der Waals surface area (Å²) in [7, 11) is 1.67. The zero-order chi connectivity index (χ0) is 15.6. The first kappa shape index (κ1) is 15.0. The first-order valence-electron chi connectivity index (χ1n) is 6.20. The maximum Gasteiger partial charge on any atom is 0.338 e. The highest BCUT2D eigenvalue weighted by atomic mass is 32.1. The van der Waals surface area contributed by atoms with Crippen LogP contribution in [-0.2, 0) is 0 Å². The van der Waals surface area contributed by atoms with Gasteiger partial charge in [0, 0.05) is 18.0 Å². The molecular formula is C14H14N2O4S. The van der Waals surface area contributed by atoms with Crippen LogP contribution in [0.5, 0.6) is 0 Å². The summed E-state index contributed by atoms with van der Waals surface area (Å²) in [5.74, 6) is -1.18. The Morgan fingerprint density at radius 2 is 2.10 bits per heavy atom. The minimum Gasteiger partial charge on any atom is -0.478 e. The molecule has 21 heavy (non-hydrogen) atoms. The van der Waals surface area contributed by atoms with Gasteiger partial charge < -0.3 is 10.0 Å². The van der Waals surface area contributed by atoms with E-state index in [4.69, 9.17) is 0 Å². The van der Waals surface area contributed by atoms with Crippen LogP contribution in [0.2, 0.25) is 0 Å². The minimum absolute atomic E-state index is 0.0740. The van der Waals surface area contributed by atoms with Crippen LogP contribution in [-0.4, -0.2) is 23.0 Å². The van der Waals surface area contributed by atoms with E-state index < -0.39 is 10.9 Å². The first-order valence-corrected chi connectivity index (χ1v) is 7.08. The Morgan fingerprint density at radius 3 is 2.62 bits per heavy atom. The lowest BCUT2D eigenvalue weighted by molar-refractivity contribution is -0.384. The Bertz CT molecular complexity index is 637. The number of anilines is 1. The van der Waals surface area contributed by atoms with Crippen LogP contribution in [0, 0.1) is 10.1 Å². The van der Waals surface area contributed by atoms with Gasteiger partial charge in [-0.2, -0.15) is 0 Å². The van der Waals surface area contributed by atoms with E-state index in [1.165, 1.54) is 29.5 Å². The highest BCUT2D eigenvalue weighted by molar-refractivity contribution is 7.10. The summed E-state index contributed by atoms with van der Waals surface area (Å²) in [5.41, 5.74) is -0.160. The Hall–Kier alpha value is -2.41. The molecule has 7 heteroatoms. The van der Waals surface area contributed by atoms with Crippen molar-refractivity contribution in [3.63, 3.8) is 0 Å². The number of hydrogen-bond acceptors (Lipinski definition) is 5. The fourth-order valence-corrected chi connectivity index (χ4v) is 2.96.